The van der Waals surface area contributed by atoms with Crippen LogP contribution in [0, 0.1) is 5.92 Å². The van der Waals surface area contributed by atoms with Crippen LogP contribution < -0.4 is 5.32 Å². The number of ether oxygens (including phenoxy) is 1. The maximum Gasteiger partial charge on any atom is 0.327 e. The fraction of sp³-hybridized carbons (Fsp3) is 0.562. The zero-order valence-electron chi connectivity index (χ0n) is 11.2. The van der Waals surface area contributed by atoms with Gasteiger partial charge in [0.15, 0.2) is 0 Å². The minimum atomic E-state index is -0.272. The van der Waals surface area contributed by atoms with Crippen molar-refractivity contribution >= 4 is 5.97 Å². The van der Waals surface area contributed by atoms with Crippen LogP contribution in [0.2, 0.25) is 0 Å². The Kier molecular flexibility index (Phi) is 3.83. The lowest BCUT2D eigenvalue weighted by Crippen LogP contribution is -2.36. The van der Waals surface area contributed by atoms with E-state index in [0.717, 1.165) is 30.9 Å². The summed E-state index contributed by atoms with van der Waals surface area (Å²) in [5.74, 6) is 0.672. The maximum atomic E-state index is 12.2. The molecule has 3 heteroatoms. The highest BCUT2D eigenvalue weighted by Crippen LogP contribution is 2.29. The van der Waals surface area contributed by atoms with Crippen molar-refractivity contribution in [3.8, 4) is 0 Å². The molecule has 0 aromatic heterocycles. The monoisotopic (exact) mass is 259 g/mol. The Morgan fingerprint density at radius 1 is 1.32 bits per heavy atom. The van der Waals surface area contributed by atoms with Crippen LogP contribution in [0.4, 0.5) is 0 Å². The maximum absolute atomic E-state index is 12.2. The molecule has 0 saturated heterocycles. The molecule has 1 N–H and O–H groups in total. The van der Waals surface area contributed by atoms with E-state index in [1.807, 2.05) is 18.2 Å². The first-order valence-electron chi connectivity index (χ1n) is 7.32. The normalized spacial score (nSPS) is 22.4. The molecule has 102 valence electrons. The number of benzene rings is 1. The predicted octanol–water partition coefficient (Wildman–Crippen LogP) is 2.61. The average Bonchev–Trinajstić information content (AvgIpc) is 2.40. The molecular weight excluding hydrogens is 238 g/mol. The second-order valence-electron chi connectivity index (χ2n) is 5.59. The standard InChI is InChI=1S/C16H21NO2/c18-16(19-11-9-12-4-3-5-12)15-14-7-2-1-6-13(14)8-10-17-15/h1-2,6-7,12,15,17H,3-5,8-11H2. The molecule has 0 bridgehead atoms. The Hall–Kier alpha value is -1.35. The van der Waals surface area contributed by atoms with Gasteiger partial charge in [0.1, 0.15) is 6.04 Å². The van der Waals surface area contributed by atoms with Gasteiger partial charge < -0.3 is 10.1 Å². The summed E-state index contributed by atoms with van der Waals surface area (Å²) in [7, 11) is 0. The lowest BCUT2D eigenvalue weighted by Gasteiger charge is -2.27. The first-order chi connectivity index (χ1) is 9.34. The fourth-order valence-corrected chi connectivity index (χ4v) is 2.91. The molecule has 1 fully saturated rings. The first kappa shape index (κ1) is 12.7. The molecule has 19 heavy (non-hydrogen) atoms. The molecule has 1 saturated carbocycles. The van der Waals surface area contributed by atoms with E-state index in [4.69, 9.17) is 4.74 Å². The van der Waals surface area contributed by atoms with Crippen LogP contribution in [0.25, 0.3) is 0 Å². The van der Waals surface area contributed by atoms with Crippen molar-refractivity contribution in [2.24, 2.45) is 5.92 Å². The Labute approximate surface area is 114 Å². The first-order valence-corrected chi connectivity index (χ1v) is 7.32. The van der Waals surface area contributed by atoms with Gasteiger partial charge in [-0.25, -0.2) is 4.79 Å². The number of hydrogen-bond donors (Lipinski definition) is 1. The number of fused-ring (bicyclic) bond motifs is 1. The molecule has 1 heterocycles. The van der Waals surface area contributed by atoms with E-state index in [9.17, 15) is 4.79 Å². The van der Waals surface area contributed by atoms with Gasteiger partial charge in [-0.1, -0.05) is 43.5 Å². The molecule has 1 atom stereocenters. The van der Waals surface area contributed by atoms with Crippen LogP contribution in [-0.2, 0) is 16.0 Å². The number of esters is 1. The molecule has 3 nitrogen and oxygen atoms in total. The zero-order valence-corrected chi connectivity index (χ0v) is 11.2. The highest BCUT2D eigenvalue weighted by molar-refractivity contribution is 5.78. The van der Waals surface area contributed by atoms with Crippen molar-refractivity contribution in [3.05, 3.63) is 35.4 Å². The number of rotatable bonds is 4. The second kappa shape index (κ2) is 5.74. The van der Waals surface area contributed by atoms with Gasteiger partial charge >= 0.3 is 5.97 Å². The van der Waals surface area contributed by atoms with Gasteiger partial charge in [0, 0.05) is 6.54 Å². The van der Waals surface area contributed by atoms with E-state index in [2.05, 4.69) is 11.4 Å². The lowest BCUT2D eigenvalue weighted by atomic mass is 9.83. The van der Waals surface area contributed by atoms with E-state index in [1.54, 1.807) is 0 Å². The molecule has 1 aliphatic carbocycles. The van der Waals surface area contributed by atoms with Crippen LogP contribution in [0.3, 0.4) is 0 Å². The Morgan fingerprint density at radius 3 is 2.95 bits per heavy atom. The summed E-state index contributed by atoms with van der Waals surface area (Å²) in [5, 5.41) is 3.27. The summed E-state index contributed by atoms with van der Waals surface area (Å²) in [6.07, 6.45) is 5.97. The van der Waals surface area contributed by atoms with E-state index < -0.39 is 0 Å². The van der Waals surface area contributed by atoms with Gasteiger partial charge in [-0.15, -0.1) is 0 Å². The number of carbonyl (C=O) groups excluding carboxylic acids is 1. The molecule has 1 aromatic rings. The molecule has 1 unspecified atom stereocenters. The highest BCUT2D eigenvalue weighted by Gasteiger charge is 2.27. The summed E-state index contributed by atoms with van der Waals surface area (Å²) < 4.78 is 5.44. The topological polar surface area (TPSA) is 38.3 Å². The summed E-state index contributed by atoms with van der Waals surface area (Å²) in [6, 6.07) is 7.87. The zero-order chi connectivity index (χ0) is 13.1. The number of nitrogens with one attached hydrogen (secondary N) is 1. The van der Waals surface area contributed by atoms with Crippen LogP contribution in [0.1, 0.15) is 42.9 Å². The van der Waals surface area contributed by atoms with Gasteiger partial charge in [0.05, 0.1) is 6.61 Å². The Morgan fingerprint density at radius 2 is 2.16 bits per heavy atom. The minimum absolute atomic E-state index is 0.119. The van der Waals surface area contributed by atoms with Crippen LogP contribution >= 0.6 is 0 Å². The molecule has 0 amide bonds. The van der Waals surface area contributed by atoms with E-state index in [1.165, 1.54) is 24.8 Å². The molecule has 3 rings (SSSR count). The van der Waals surface area contributed by atoms with Crippen LogP contribution in [0.5, 0.6) is 0 Å². The summed E-state index contributed by atoms with van der Waals surface area (Å²) >= 11 is 0. The van der Waals surface area contributed by atoms with Crippen LogP contribution in [0.15, 0.2) is 24.3 Å². The van der Waals surface area contributed by atoms with Crippen molar-refractivity contribution in [3.63, 3.8) is 0 Å². The summed E-state index contributed by atoms with van der Waals surface area (Å²) in [6.45, 7) is 1.42. The predicted molar refractivity (Wildman–Crippen MR) is 73.8 cm³/mol. The summed E-state index contributed by atoms with van der Waals surface area (Å²) in [5.41, 5.74) is 2.35. The van der Waals surface area contributed by atoms with Gasteiger partial charge in [-0.3, -0.25) is 0 Å². The quantitative estimate of drug-likeness (QED) is 0.845. The van der Waals surface area contributed by atoms with Crippen molar-refractivity contribution in [1.82, 2.24) is 5.32 Å². The third kappa shape index (κ3) is 2.81. The smallest absolute Gasteiger partial charge is 0.327 e. The highest BCUT2D eigenvalue weighted by atomic mass is 16.5. The molecular formula is C16H21NO2. The van der Waals surface area contributed by atoms with E-state index in [0.29, 0.717) is 6.61 Å². The summed E-state index contributed by atoms with van der Waals surface area (Å²) in [4.78, 5) is 12.2. The van der Waals surface area contributed by atoms with Gasteiger partial charge in [-0.05, 0) is 29.9 Å². The fourth-order valence-electron chi connectivity index (χ4n) is 2.91. The largest absolute Gasteiger partial charge is 0.464 e. The van der Waals surface area contributed by atoms with Gasteiger partial charge in [-0.2, -0.15) is 0 Å². The Bertz CT molecular complexity index is 454. The lowest BCUT2D eigenvalue weighted by molar-refractivity contribution is -0.147. The molecule has 0 spiro atoms. The van der Waals surface area contributed by atoms with E-state index in [-0.39, 0.29) is 12.0 Å². The SMILES string of the molecule is O=C(OCCC1CCC1)C1NCCc2ccccc21. The number of hydrogen-bond acceptors (Lipinski definition) is 3. The van der Waals surface area contributed by atoms with Gasteiger partial charge in [0.25, 0.3) is 0 Å². The molecule has 1 aliphatic heterocycles. The van der Waals surface area contributed by atoms with E-state index >= 15 is 0 Å². The van der Waals surface area contributed by atoms with Crippen molar-refractivity contribution in [1.29, 1.82) is 0 Å². The van der Waals surface area contributed by atoms with Crippen LogP contribution in [-0.4, -0.2) is 19.1 Å². The van der Waals surface area contributed by atoms with Gasteiger partial charge in [0.2, 0.25) is 0 Å². The minimum Gasteiger partial charge on any atom is -0.464 e. The second-order valence-corrected chi connectivity index (χ2v) is 5.59. The van der Waals surface area contributed by atoms with Crippen molar-refractivity contribution in [2.75, 3.05) is 13.2 Å². The molecule has 0 radical (unpaired) electrons. The molecule has 2 aliphatic rings. The van der Waals surface area contributed by atoms with Crippen molar-refractivity contribution < 1.29 is 9.53 Å². The van der Waals surface area contributed by atoms with Crippen molar-refractivity contribution in [2.45, 2.75) is 38.1 Å². The average molecular weight is 259 g/mol. The number of carbonyl (C=O) groups is 1. The molecule has 1 aromatic carbocycles. The Balaban J connectivity index is 1.57. The third-order valence-corrected chi connectivity index (χ3v) is 4.34. The third-order valence-electron chi connectivity index (χ3n) is 4.34.